The van der Waals surface area contributed by atoms with Crippen molar-refractivity contribution >= 4 is 39.9 Å². The summed E-state index contributed by atoms with van der Waals surface area (Å²) in [5.41, 5.74) is 5.96. The number of hydrogen-bond acceptors (Lipinski definition) is 6. The van der Waals surface area contributed by atoms with E-state index in [0.717, 1.165) is 50.9 Å². The van der Waals surface area contributed by atoms with Gasteiger partial charge in [-0.05, 0) is 56.2 Å². The first-order valence-corrected chi connectivity index (χ1v) is 13.6. The number of carbonyl (C=O) groups excluding carboxylic acids is 1. The Bertz CT molecular complexity index is 1220. The number of anilines is 2. The minimum absolute atomic E-state index is 0.0468. The van der Waals surface area contributed by atoms with Gasteiger partial charge in [0.25, 0.3) is 0 Å². The number of rotatable bonds is 9. The van der Waals surface area contributed by atoms with Crippen LogP contribution in [0.15, 0.2) is 36.7 Å². The van der Waals surface area contributed by atoms with E-state index in [1.807, 2.05) is 19.1 Å². The van der Waals surface area contributed by atoms with E-state index in [4.69, 9.17) is 26.8 Å². The lowest BCUT2D eigenvalue weighted by Gasteiger charge is -2.27. The van der Waals surface area contributed by atoms with E-state index in [9.17, 15) is 9.18 Å². The van der Waals surface area contributed by atoms with Crippen molar-refractivity contribution in [3.63, 3.8) is 0 Å². The number of carbonyl (C=O) groups is 1. The van der Waals surface area contributed by atoms with Crippen molar-refractivity contribution in [3.8, 4) is 11.5 Å². The molecule has 0 spiro atoms. The molecule has 0 bridgehead atoms. The Kier molecular flexibility index (Phi) is 11.0. The normalized spacial score (nSPS) is 17.7. The molecule has 0 radical (unpaired) electrons. The Labute approximate surface area is 229 Å². The number of unbranched alkanes of at least 4 members (excludes halogenated alkanes) is 1. The van der Waals surface area contributed by atoms with Gasteiger partial charge in [0.15, 0.2) is 17.3 Å². The molecule has 2 aromatic carbocycles. The first kappa shape index (κ1) is 29.4. The smallest absolute Gasteiger partial charge is 0.220 e. The van der Waals surface area contributed by atoms with Gasteiger partial charge >= 0.3 is 0 Å². The van der Waals surface area contributed by atoms with E-state index in [0.29, 0.717) is 28.2 Å². The van der Waals surface area contributed by atoms with Crippen LogP contribution in [0, 0.1) is 17.7 Å². The largest absolute Gasteiger partial charge is 0.493 e. The van der Waals surface area contributed by atoms with Crippen molar-refractivity contribution in [2.75, 3.05) is 12.4 Å². The third-order valence-electron chi connectivity index (χ3n) is 6.86. The fourth-order valence-corrected chi connectivity index (χ4v) is 4.50. The van der Waals surface area contributed by atoms with E-state index >= 15 is 0 Å². The summed E-state index contributed by atoms with van der Waals surface area (Å²) in [4.78, 5) is 19.0. The quantitative estimate of drug-likeness (QED) is 0.290. The second kappa shape index (κ2) is 14.1. The summed E-state index contributed by atoms with van der Waals surface area (Å²) >= 11 is 5.90. The van der Waals surface area contributed by atoms with Crippen LogP contribution in [-0.4, -0.2) is 29.1 Å². The number of nitrogens with one attached hydrogen (secondary N) is 1. The lowest BCUT2D eigenvalue weighted by atomic mass is 9.89. The fraction of sp³-hybridized carbons (Fsp3) is 0.483. The molecular formula is C29H38ClFN4O3. The molecule has 0 unspecified atom stereocenters. The fourth-order valence-electron chi connectivity index (χ4n) is 4.32. The first-order chi connectivity index (χ1) is 18.2. The average molecular weight is 545 g/mol. The Morgan fingerprint density at radius 3 is 2.61 bits per heavy atom. The summed E-state index contributed by atoms with van der Waals surface area (Å²) < 4.78 is 26.1. The highest BCUT2D eigenvalue weighted by atomic mass is 35.5. The lowest BCUT2D eigenvalue weighted by molar-refractivity contribution is -0.121. The molecule has 7 nitrogen and oxygen atoms in total. The van der Waals surface area contributed by atoms with E-state index in [1.54, 1.807) is 19.2 Å². The number of halogens is 2. The lowest BCUT2D eigenvalue weighted by Crippen LogP contribution is -2.23. The van der Waals surface area contributed by atoms with Crippen molar-refractivity contribution < 1.29 is 18.7 Å². The van der Waals surface area contributed by atoms with Crippen LogP contribution >= 0.6 is 11.6 Å². The van der Waals surface area contributed by atoms with Crippen LogP contribution in [0.1, 0.15) is 65.7 Å². The van der Waals surface area contributed by atoms with Gasteiger partial charge in [-0.2, -0.15) is 0 Å². The van der Waals surface area contributed by atoms with Gasteiger partial charge in [0.1, 0.15) is 12.1 Å². The number of benzene rings is 2. The predicted octanol–water partition coefficient (Wildman–Crippen LogP) is 7.43. The molecule has 1 fully saturated rings. The number of primary amides is 1. The van der Waals surface area contributed by atoms with E-state index < -0.39 is 5.82 Å². The van der Waals surface area contributed by atoms with Gasteiger partial charge in [0.05, 0.1) is 29.4 Å². The van der Waals surface area contributed by atoms with Gasteiger partial charge in [-0.3, -0.25) is 4.79 Å². The number of fused-ring (bicyclic) bond motifs is 1. The maximum absolute atomic E-state index is 14.3. The molecule has 0 saturated heterocycles. The second-order valence-electron chi connectivity index (χ2n) is 9.91. The number of amides is 1. The van der Waals surface area contributed by atoms with Crippen LogP contribution < -0.4 is 20.5 Å². The molecule has 1 saturated carbocycles. The Hall–Kier alpha value is -3.13. The molecule has 1 atom stereocenters. The number of hydrogen-bond donors (Lipinski definition) is 2. The zero-order chi connectivity index (χ0) is 27.7. The van der Waals surface area contributed by atoms with Crippen LogP contribution in [0.3, 0.4) is 0 Å². The van der Waals surface area contributed by atoms with E-state index in [2.05, 4.69) is 29.1 Å². The molecule has 1 aliphatic rings. The van der Waals surface area contributed by atoms with Gasteiger partial charge in [-0.15, -0.1) is 0 Å². The zero-order valence-corrected chi connectivity index (χ0v) is 23.4. The number of nitrogens with two attached hydrogens (primary N) is 1. The molecule has 9 heteroatoms. The zero-order valence-electron chi connectivity index (χ0n) is 22.6. The molecule has 206 valence electrons. The molecule has 0 aliphatic heterocycles. The second-order valence-corrected chi connectivity index (χ2v) is 10.3. The Balaban J connectivity index is 0.000000383. The van der Waals surface area contributed by atoms with Crippen LogP contribution in [0.4, 0.5) is 15.9 Å². The van der Waals surface area contributed by atoms with Crippen molar-refractivity contribution in [2.24, 2.45) is 17.6 Å². The molecular weight excluding hydrogens is 507 g/mol. The van der Waals surface area contributed by atoms with Crippen LogP contribution in [0.25, 0.3) is 10.9 Å². The molecule has 3 N–H and O–H groups in total. The molecule has 1 aliphatic carbocycles. The van der Waals surface area contributed by atoms with Crippen molar-refractivity contribution in [2.45, 2.75) is 71.8 Å². The van der Waals surface area contributed by atoms with Gasteiger partial charge in [-0.1, -0.05) is 51.3 Å². The average Bonchev–Trinajstić information content (AvgIpc) is 2.91. The minimum atomic E-state index is -0.526. The van der Waals surface area contributed by atoms with Gasteiger partial charge in [-0.25, -0.2) is 14.4 Å². The molecule has 3 aromatic rings. The minimum Gasteiger partial charge on any atom is -0.493 e. The number of methoxy groups -OCH3 is 1. The Morgan fingerprint density at radius 1 is 1.21 bits per heavy atom. The topological polar surface area (TPSA) is 99.4 Å². The summed E-state index contributed by atoms with van der Waals surface area (Å²) in [6, 6.07) is 8.47. The summed E-state index contributed by atoms with van der Waals surface area (Å²) in [6.45, 7) is 6.25. The Morgan fingerprint density at radius 2 is 1.95 bits per heavy atom. The van der Waals surface area contributed by atoms with Gasteiger partial charge in [0.2, 0.25) is 5.91 Å². The summed E-state index contributed by atoms with van der Waals surface area (Å²) in [5, 5.41) is 3.78. The van der Waals surface area contributed by atoms with E-state index in [-0.39, 0.29) is 28.6 Å². The van der Waals surface area contributed by atoms with Gasteiger partial charge < -0.3 is 20.5 Å². The summed E-state index contributed by atoms with van der Waals surface area (Å²) in [6.07, 6.45) is 9.11. The number of aromatic nitrogens is 2. The third kappa shape index (κ3) is 7.93. The summed E-state index contributed by atoms with van der Waals surface area (Å²) in [5.74, 6) is 1.83. The molecule has 1 heterocycles. The third-order valence-corrected chi connectivity index (χ3v) is 7.15. The van der Waals surface area contributed by atoms with Crippen LogP contribution in [0.2, 0.25) is 5.02 Å². The monoisotopic (exact) mass is 544 g/mol. The maximum Gasteiger partial charge on any atom is 0.220 e. The maximum atomic E-state index is 14.3. The number of nitrogens with zero attached hydrogens (tertiary/aromatic N) is 2. The van der Waals surface area contributed by atoms with Crippen LogP contribution in [0.5, 0.6) is 11.5 Å². The first-order valence-electron chi connectivity index (χ1n) is 13.2. The molecule has 1 amide bonds. The van der Waals surface area contributed by atoms with Crippen molar-refractivity contribution in [1.82, 2.24) is 9.97 Å². The highest BCUT2D eigenvalue weighted by molar-refractivity contribution is 6.31. The van der Waals surface area contributed by atoms with Gasteiger partial charge in [0, 0.05) is 17.4 Å². The highest BCUT2D eigenvalue weighted by Gasteiger charge is 2.22. The van der Waals surface area contributed by atoms with Crippen molar-refractivity contribution in [1.29, 1.82) is 0 Å². The molecule has 4 rings (SSSR count). The predicted molar refractivity (Wildman–Crippen MR) is 151 cm³/mol. The number of ether oxygens (including phenoxy) is 2. The molecule has 1 aromatic heterocycles. The van der Waals surface area contributed by atoms with Crippen molar-refractivity contribution in [3.05, 3.63) is 47.5 Å². The summed E-state index contributed by atoms with van der Waals surface area (Å²) in [7, 11) is 1.61. The standard InChI is InChI=1S/C22H23ClFN3O2.C7H15NO/c1-13-6-8-14(9-7-13)29-20-10-15-18(11-19(20)28-2)25-12-26-22(15)27-17-5-3-4-16(23)21(17)24;1-3-4-5-6(2)7(8)9/h3-5,10-14H,6-9H2,1-2H3,(H,25,26,27);6H,3-5H2,1-2H3,(H2,8,9)/t;6-/m.1/s1. The highest BCUT2D eigenvalue weighted by Crippen LogP contribution is 2.37. The van der Waals surface area contributed by atoms with E-state index in [1.165, 1.54) is 12.4 Å². The van der Waals surface area contributed by atoms with Crippen LogP contribution in [-0.2, 0) is 4.79 Å². The SMILES string of the molecule is CCCC[C@@H](C)C(N)=O.COc1cc2ncnc(Nc3cccc(Cl)c3F)c2cc1OC1CCC(C)CC1. The molecule has 38 heavy (non-hydrogen) atoms.